The Labute approximate surface area is 231 Å². The number of carbonyl (C=O) groups excluding carboxylic acids is 2. The van der Waals surface area contributed by atoms with E-state index in [0.29, 0.717) is 0 Å². The Morgan fingerprint density at radius 1 is 0.950 bits per heavy atom. The van der Waals surface area contributed by atoms with Gasteiger partial charge in [0.05, 0.1) is 22.0 Å². The van der Waals surface area contributed by atoms with Crippen LogP contribution in [0.5, 0.6) is 0 Å². The summed E-state index contributed by atoms with van der Waals surface area (Å²) in [4.78, 5) is 35.6. The van der Waals surface area contributed by atoms with Crippen molar-refractivity contribution < 1.29 is 32.4 Å². The van der Waals surface area contributed by atoms with Crippen LogP contribution >= 0.6 is 0 Å². The number of nitrogens with one attached hydrogen (secondary N) is 2. The standard InChI is InChI=1S/C28H29N3O8S/c1-28(2,3)39-17-25(26(32)30-40(36,37)19-14-12-18(13-15-19)31(34)35)29-27(33)38-16-24-22-10-6-4-8-20(22)21-9-5-7-11-23(21)24/h4-15,24-25H,16-17H2,1-3H3,(H,29,33)(H,30,32)/t25-/m0/s1. The van der Waals surface area contributed by atoms with Crippen molar-refractivity contribution in [3.8, 4) is 11.1 Å². The number of fused-ring (bicyclic) bond motifs is 3. The third-order valence-electron chi connectivity index (χ3n) is 6.23. The number of ether oxygens (including phenoxy) is 2. The Bertz CT molecular complexity index is 1490. The summed E-state index contributed by atoms with van der Waals surface area (Å²) in [6.45, 7) is 4.87. The van der Waals surface area contributed by atoms with Crippen LogP contribution in [0, 0.1) is 10.1 Å². The minimum absolute atomic E-state index is 0.00454. The Hall–Kier alpha value is -4.29. The van der Waals surface area contributed by atoms with Gasteiger partial charge in [0.2, 0.25) is 0 Å². The zero-order valence-electron chi connectivity index (χ0n) is 22.1. The number of hydrogen-bond acceptors (Lipinski definition) is 8. The number of nitro benzene ring substituents is 1. The molecule has 40 heavy (non-hydrogen) atoms. The number of amides is 2. The molecule has 1 aliphatic carbocycles. The lowest BCUT2D eigenvalue weighted by atomic mass is 9.98. The number of benzene rings is 3. The summed E-state index contributed by atoms with van der Waals surface area (Å²) in [5, 5.41) is 13.3. The smallest absolute Gasteiger partial charge is 0.407 e. The van der Waals surface area contributed by atoms with Crippen molar-refractivity contribution in [1.82, 2.24) is 10.0 Å². The van der Waals surface area contributed by atoms with Gasteiger partial charge in [-0.2, -0.15) is 0 Å². The molecule has 0 fully saturated rings. The molecule has 2 amide bonds. The maximum Gasteiger partial charge on any atom is 0.407 e. The van der Waals surface area contributed by atoms with Crippen LogP contribution < -0.4 is 10.0 Å². The predicted molar refractivity (Wildman–Crippen MR) is 146 cm³/mol. The second-order valence-electron chi connectivity index (χ2n) is 10.2. The molecule has 0 radical (unpaired) electrons. The van der Waals surface area contributed by atoms with E-state index in [9.17, 15) is 28.1 Å². The van der Waals surface area contributed by atoms with E-state index < -0.39 is 38.6 Å². The Morgan fingerprint density at radius 2 is 1.50 bits per heavy atom. The van der Waals surface area contributed by atoms with Crippen LogP contribution in [-0.4, -0.2) is 50.2 Å². The number of carbonyl (C=O) groups is 2. The molecule has 0 saturated carbocycles. The molecule has 0 unspecified atom stereocenters. The molecule has 1 atom stereocenters. The van der Waals surface area contributed by atoms with Gasteiger partial charge < -0.3 is 14.8 Å². The van der Waals surface area contributed by atoms with Crippen molar-refractivity contribution in [2.24, 2.45) is 0 Å². The van der Waals surface area contributed by atoms with Crippen molar-refractivity contribution in [2.75, 3.05) is 13.2 Å². The molecule has 0 aliphatic heterocycles. The van der Waals surface area contributed by atoms with Crippen LogP contribution in [0.3, 0.4) is 0 Å². The van der Waals surface area contributed by atoms with E-state index >= 15 is 0 Å². The lowest BCUT2D eigenvalue weighted by molar-refractivity contribution is -0.384. The number of nitro groups is 1. The Morgan fingerprint density at radius 3 is 2.02 bits per heavy atom. The van der Waals surface area contributed by atoms with Crippen LogP contribution in [0.1, 0.15) is 37.8 Å². The van der Waals surface area contributed by atoms with Gasteiger partial charge >= 0.3 is 6.09 Å². The molecule has 3 aromatic carbocycles. The first-order chi connectivity index (χ1) is 18.9. The fourth-order valence-corrected chi connectivity index (χ4v) is 5.33. The second kappa shape index (κ2) is 11.4. The summed E-state index contributed by atoms with van der Waals surface area (Å²) < 4.78 is 38.6. The molecular weight excluding hydrogens is 538 g/mol. The van der Waals surface area contributed by atoms with E-state index in [1.54, 1.807) is 20.8 Å². The highest BCUT2D eigenvalue weighted by Crippen LogP contribution is 2.44. The van der Waals surface area contributed by atoms with Gasteiger partial charge in [-0.1, -0.05) is 48.5 Å². The molecule has 12 heteroatoms. The lowest BCUT2D eigenvalue weighted by Crippen LogP contribution is -2.51. The van der Waals surface area contributed by atoms with Gasteiger partial charge in [0.15, 0.2) is 0 Å². The lowest BCUT2D eigenvalue weighted by Gasteiger charge is -2.24. The second-order valence-corrected chi connectivity index (χ2v) is 11.8. The van der Waals surface area contributed by atoms with Gasteiger partial charge in [-0.05, 0) is 55.2 Å². The highest BCUT2D eigenvalue weighted by molar-refractivity contribution is 7.90. The molecular formula is C28H29N3O8S. The summed E-state index contributed by atoms with van der Waals surface area (Å²) in [6, 6.07) is 18.3. The van der Waals surface area contributed by atoms with E-state index in [0.717, 1.165) is 46.5 Å². The largest absolute Gasteiger partial charge is 0.449 e. The summed E-state index contributed by atoms with van der Waals surface area (Å²) in [6.07, 6.45) is -0.924. The SMILES string of the molecule is CC(C)(C)OC[C@H](NC(=O)OCC1c2ccccc2-c2ccccc21)C(=O)NS(=O)(=O)c1ccc([N+](=O)[O-])cc1. The number of non-ortho nitro benzene ring substituents is 1. The maximum atomic E-state index is 13.0. The quantitative estimate of drug-likeness (QED) is 0.289. The van der Waals surface area contributed by atoms with E-state index in [2.05, 4.69) is 5.32 Å². The van der Waals surface area contributed by atoms with Crippen LogP contribution in [0.25, 0.3) is 11.1 Å². The first-order valence-corrected chi connectivity index (χ1v) is 13.9. The van der Waals surface area contributed by atoms with Gasteiger partial charge in [-0.3, -0.25) is 14.9 Å². The first kappa shape index (κ1) is 28.7. The number of sulfonamides is 1. The normalized spacial score (nSPS) is 13.6. The average molecular weight is 568 g/mol. The molecule has 4 rings (SSSR count). The van der Waals surface area contributed by atoms with Crippen LogP contribution in [0.2, 0.25) is 0 Å². The summed E-state index contributed by atoms with van der Waals surface area (Å²) in [5.74, 6) is -1.27. The van der Waals surface area contributed by atoms with Crippen molar-refractivity contribution >= 4 is 27.7 Å². The molecule has 0 spiro atoms. The predicted octanol–water partition coefficient (Wildman–Crippen LogP) is 4.12. The summed E-state index contributed by atoms with van der Waals surface area (Å²) >= 11 is 0. The highest BCUT2D eigenvalue weighted by Gasteiger charge is 2.31. The number of rotatable bonds is 9. The molecule has 0 heterocycles. The van der Waals surface area contributed by atoms with E-state index in [1.807, 2.05) is 53.3 Å². The zero-order chi connectivity index (χ0) is 29.1. The van der Waals surface area contributed by atoms with Crippen LogP contribution in [0.15, 0.2) is 77.7 Å². The monoisotopic (exact) mass is 567 g/mol. The zero-order valence-corrected chi connectivity index (χ0v) is 22.9. The minimum Gasteiger partial charge on any atom is -0.449 e. The molecule has 210 valence electrons. The molecule has 0 saturated heterocycles. The van der Waals surface area contributed by atoms with E-state index in [-0.39, 0.29) is 29.7 Å². The molecule has 11 nitrogen and oxygen atoms in total. The number of nitrogens with zero attached hydrogens (tertiary/aromatic N) is 1. The average Bonchev–Trinajstić information content (AvgIpc) is 3.22. The third kappa shape index (κ3) is 6.64. The molecule has 1 aliphatic rings. The van der Waals surface area contributed by atoms with Crippen LogP contribution in [-0.2, 0) is 24.3 Å². The molecule has 0 aromatic heterocycles. The highest BCUT2D eigenvalue weighted by atomic mass is 32.2. The molecule has 0 bridgehead atoms. The van der Waals surface area contributed by atoms with E-state index in [4.69, 9.17) is 9.47 Å². The Balaban J connectivity index is 1.46. The molecule has 2 N–H and O–H groups in total. The summed E-state index contributed by atoms with van der Waals surface area (Å²) in [5.41, 5.74) is 3.13. The minimum atomic E-state index is -4.40. The third-order valence-corrected chi connectivity index (χ3v) is 7.59. The van der Waals surface area contributed by atoms with Crippen molar-refractivity contribution in [1.29, 1.82) is 0 Å². The fourth-order valence-electron chi connectivity index (χ4n) is 4.31. The van der Waals surface area contributed by atoms with Gasteiger partial charge in [0, 0.05) is 18.1 Å². The van der Waals surface area contributed by atoms with Gasteiger partial charge in [-0.15, -0.1) is 0 Å². The fraction of sp³-hybridized carbons (Fsp3) is 0.286. The molecule has 3 aromatic rings. The number of hydrogen-bond donors (Lipinski definition) is 2. The van der Waals surface area contributed by atoms with Gasteiger partial charge in [-0.25, -0.2) is 17.9 Å². The Kier molecular flexibility index (Phi) is 8.21. The van der Waals surface area contributed by atoms with Crippen molar-refractivity contribution in [2.45, 2.75) is 43.2 Å². The topological polar surface area (TPSA) is 154 Å². The van der Waals surface area contributed by atoms with Crippen molar-refractivity contribution in [3.05, 3.63) is 94.0 Å². The first-order valence-electron chi connectivity index (χ1n) is 12.4. The number of alkyl carbamates (subject to hydrolysis) is 1. The summed E-state index contributed by atoms with van der Waals surface area (Å²) in [7, 11) is -4.40. The van der Waals surface area contributed by atoms with Crippen LogP contribution in [0.4, 0.5) is 10.5 Å². The maximum absolute atomic E-state index is 13.0. The van der Waals surface area contributed by atoms with Gasteiger partial charge in [0.25, 0.3) is 21.6 Å². The van der Waals surface area contributed by atoms with Crippen molar-refractivity contribution in [3.63, 3.8) is 0 Å². The van der Waals surface area contributed by atoms with Gasteiger partial charge in [0.1, 0.15) is 12.6 Å². The van der Waals surface area contributed by atoms with E-state index in [1.165, 1.54) is 0 Å².